The summed E-state index contributed by atoms with van der Waals surface area (Å²) in [6.45, 7) is -0.108. The van der Waals surface area contributed by atoms with Gasteiger partial charge >= 0.3 is 0 Å². The lowest BCUT2D eigenvalue weighted by Gasteiger charge is -2.08. The van der Waals surface area contributed by atoms with Gasteiger partial charge in [-0.2, -0.15) is 8.78 Å². The monoisotopic (exact) mass is 355 g/mol. The first-order valence-corrected chi connectivity index (χ1v) is 7.04. The molecular weight excluding hydrogens is 345 g/mol. The van der Waals surface area contributed by atoms with E-state index in [1.54, 1.807) is 0 Å². The van der Waals surface area contributed by atoms with Gasteiger partial charge in [0, 0.05) is 0 Å². The Morgan fingerprint density at radius 3 is 2.08 bits per heavy atom. The van der Waals surface area contributed by atoms with Gasteiger partial charge in [-0.3, -0.25) is 0 Å². The summed E-state index contributed by atoms with van der Waals surface area (Å²) in [5.74, 6) is -11.8. The van der Waals surface area contributed by atoms with Crippen molar-refractivity contribution in [3.05, 3.63) is 76.9 Å². The molecule has 0 bridgehead atoms. The van der Waals surface area contributed by atoms with Gasteiger partial charge in [0.2, 0.25) is 29.1 Å². The van der Waals surface area contributed by atoms with Crippen LogP contribution in [0.5, 0.6) is 5.75 Å². The Kier molecular flexibility index (Phi) is 4.64. The summed E-state index contributed by atoms with van der Waals surface area (Å²) < 4.78 is 72.4. The predicted molar refractivity (Wildman–Crippen MR) is 76.1 cm³/mol. The van der Waals surface area contributed by atoms with Crippen molar-refractivity contribution in [2.45, 2.75) is 13.2 Å². The van der Waals surface area contributed by atoms with Gasteiger partial charge in [-0.15, -0.1) is 5.10 Å². The maximum atomic E-state index is 13.5. The minimum Gasteiger partial charge on any atom is -0.481 e. The molecule has 1 heterocycles. The second-order valence-electron chi connectivity index (χ2n) is 5.08. The van der Waals surface area contributed by atoms with E-state index >= 15 is 0 Å². The van der Waals surface area contributed by atoms with Crippen LogP contribution < -0.4 is 4.74 Å². The van der Waals surface area contributed by atoms with Gasteiger partial charge in [0.15, 0.2) is 5.75 Å². The van der Waals surface area contributed by atoms with Crippen molar-refractivity contribution >= 4 is 0 Å². The standard InChI is InChI=1S/C16H10F5N3O/c17-11-12(18)14(20)16(15(21)13(11)19)25-8-10-7-24(23-22-10)6-9-4-2-1-3-5-9/h1-5,7H,6,8H2. The molecule has 0 saturated carbocycles. The Balaban J connectivity index is 1.73. The molecule has 2 aromatic carbocycles. The fourth-order valence-electron chi connectivity index (χ4n) is 2.11. The molecule has 0 aliphatic heterocycles. The molecule has 3 rings (SSSR count). The fourth-order valence-corrected chi connectivity index (χ4v) is 2.11. The van der Waals surface area contributed by atoms with E-state index in [2.05, 4.69) is 10.3 Å². The SMILES string of the molecule is Fc1c(F)c(F)c(OCc2cn(Cc3ccccc3)nn2)c(F)c1F. The van der Waals surface area contributed by atoms with Crippen LogP contribution in [0.1, 0.15) is 11.3 Å². The van der Waals surface area contributed by atoms with E-state index in [9.17, 15) is 22.0 Å². The molecule has 0 spiro atoms. The lowest BCUT2D eigenvalue weighted by Crippen LogP contribution is -2.07. The lowest BCUT2D eigenvalue weighted by atomic mass is 10.2. The number of benzene rings is 2. The maximum absolute atomic E-state index is 13.5. The predicted octanol–water partition coefficient (Wildman–Crippen LogP) is 3.60. The molecule has 0 unspecified atom stereocenters. The van der Waals surface area contributed by atoms with Gasteiger partial charge < -0.3 is 4.74 Å². The van der Waals surface area contributed by atoms with E-state index < -0.39 is 41.4 Å². The zero-order valence-corrected chi connectivity index (χ0v) is 12.5. The summed E-state index contributed by atoms with van der Waals surface area (Å²) in [5.41, 5.74) is 1.11. The molecule has 0 N–H and O–H groups in total. The zero-order valence-electron chi connectivity index (χ0n) is 12.5. The summed E-state index contributed by atoms with van der Waals surface area (Å²) >= 11 is 0. The van der Waals surface area contributed by atoms with Gasteiger partial charge in [0.05, 0.1) is 12.7 Å². The first-order valence-electron chi connectivity index (χ1n) is 7.04. The summed E-state index contributed by atoms with van der Waals surface area (Å²) in [6.07, 6.45) is 1.44. The Hall–Kier alpha value is -2.97. The third kappa shape index (κ3) is 3.44. The second kappa shape index (κ2) is 6.88. The maximum Gasteiger partial charge on any atom is 0.207 e. The number of aromatic nitrogens is 3. The summed E-state index contributed by atoms with van der Waals surface area (Å²) in [6, 6.07) is 9.28. The Bertz CT molecular complexity index is 869. The first kappa shape index (κ1) is 16.9. The molecule has 130 valence electrons. The largest absolute Gasteiger partial charge is 0.481 e. The molecule has 0 aliphatic carbocycles. The normalized spacial score (nSPS) is 10.9. The quantitative estimate of drug-likeness (QED) is 0.399. The zero-order chi connectivity index (χ0) is 18.0. The molecule has 9 heteroatoms. The molecule has 0 amide bonds. The fraction of sp³-hybridized carbons (Fsp3) is 0.125. The van der Waals surface area contributed by atoms with Crippen molar-refractivity contribution in [1.82, 2.24) is 15.0 Å². The van der Waals surface area contributed by atoms with Crippen molar-refractivity contribution in [2.75, 3.05) is 0 Å². The number of hydrogen-bond acceptors (Lipinski definition) is 3. The van der Waals surface area contributed by atoms with E-state index in [1.807, 2.05) is 30.3 Å². The van der Waals surface area contributed by atoms with Crippen molar-refractivity contribution in [2.24, 2.45) is 0 Å². The minimum absolute atomic E-state index is 0.167. The van der Waals surface area contributed by atoms with Crippen molar-refractivity contribution in [3.8, 4) is 5.75 Å². The minimum atomic E-state index is -2.24. The number of halogens is 5. The highest BCUT2D eigenvalue weighted by atomic mass is 19.2. The first-order chi connectivity index (χ1) is 12.0. The summed E-state index contributed by atoms with van der Waals surface area (Å²) in [5, 5.41) is 7.54. The van der Waals surface area contributed by atoms with Gasteiger partial charge in [0.1, 0.15) is 12.3 Å². The molecule has 0 fully saturated rings. The van der Waals surface area contributed by atoms with Crippen LogP contribution in [0.25, 0.3) is 0 Å². The van der Waals surface area contributed by atoms with E-state index in [-0.39, 0.29) is 5.69 Å². The number of ether oxygens (including phenoxy) is 1. The van der Waals surface area contributed by atoms with Crippen LogP contribution in [-0.4, -0.2) is 15.0 Å². The Morgan fingerprint density at radius 2 is 1.44 bits per heavy atom. The van der Waals surface area contributed by atoms with Gasteiger partial charge in [-0.1, -0.05) is 35.5 Å². The third-order valence-corrected chi connectivity index (χ3v) is 3.31. The number of rotatable bonds is 5. The van der Waals surface area contributed by atoms with Gasteiger partial charge in [-0.25, -0.2) is 17.9 Å². The molecule has 25 heavy (non-hydrogen) atoms. The van der Waals surface area contributed by atoms with Crippen LogP contribution in [-0.2, 0) is 13.2 Å². The van der Waals surface area contributed by atoms with Gasteiger partial charge in [-0.05, 0) is 5.56 Å². The second-order valence-corrected chi connectivity index (χ2v) is 5.08. The average Bonchev–Trinajstić information content (AvgIpc) is 3.06. The number of nitrogens with zero attached hydrogens (tertiary/aromatic N) is 3. The van der Waals surface area contributed by atoms with Crippen LogP contribution in [0.2, 0.25) is 0 Å². The van der Waals surface area contributed by atoms with Crippen LogP contribution in [0.15, 0.2) is 36.5 Å². The molecule has 0 radical (unpaired) electrons. The smallest absolute Gasteiger partial charge is 0.207 e. The molecule has 0 atom stereocenters. The molecule has 1 aromatic heterocycles. The Labute approximate surface area is 138 Å². The van der Waals surface area contributed by atoms with E-state index in [1.165, 1.54) is 10.9 Å². The third-order valence-electron chi connectivity index (χ3n) is 3.31. The highest BCUT2D eigenvalue weighted by Gasteiger charge is 2.27. The molecule has 0 saturated heterocycles. The molecule has 0 aliphatic rings. The highest BCUT2D eigenvalue weighted by Crippen LogP contribution is 2.29. The Morgan fingerprint density at radius 1 is 0.840 bits per heavy atom. The molecule has 4 nitrogen and oxygen atoms in total. The summed E-state index contributed by atoms with van der Waals surface area (Å²) in [7, 11) is 0. The van der Waals surface area contributed by atoms with Crippen LogP contribution in [0.3, 0.4) is 0 Å². The van der Waals surface area contributed by atoms with Gasteiger partial charge in [0.25, 0.3) is 0 Å². The lowest BCUT2D eigenvalue weighted by molar-refractivity contribution is 0.250. The topological polar surface area (TPSA) is 39.9 Å². The summed E-state index contributed by atoms with van der Waals surface area (Å²) in [4.78, 5) is 0. The number of hydrogen-bond donors (Lipinski definition) is 0. The molecular formula is C16H10F5N3O. The van der Waals surface area contributed by atoms with Crippen molar-refractivity contribution in [3.63, 3.8) is 0 Å². The van der Waals surface area contributed by atoms with Crippen LogP contribution in [0.4, 0.5) is 22.0 Å². The van der Waals surface area contributed by atoms with Crippen molar-refractivity contribution in [1.29, 1.82) is 0 Å². The van der Waals surface area contributed by atoms with E-state index in [0.29, 0.717) is 6.54 Å². The van der Waals surface area contributed by atoms with E-state index in [4.69, 9.17) is 4.74 Å². The van der Waals surface area contributed by atoms with Crippen LogP contribution in [0, 0.1) is 29.1 Å². The van der Waals surface area contributed by atoms with Crippen molar-refractivity contribution < 1.29 is 26.7 Å². The molecule has 3 aromatic rings. The van der Waals surface area contributed by atoms with Crippen LogP contribution >= 0.6 is 0 Å². The highest BCUT2D eigenvalue weighted by molar-refractivity contribution is 5.29. The average molecular weight is 355 g/mol. The van der Waals surface area contributed by atoms with E-state index in [0.717, 1.165) is 5.56 Å².